The van der Waals surface area contributed by atoms with Crippen LogP contribution in [0.5, 0.6) is 0 Å². The third-order valence-corrected chi connectivity index (χ3v) is 3.41. The van der Waals surface area contributed by atoms with Crippen LogP contribution in [0.1, 0.15) is 23.1 Å². The van der Waals surface area contributed by atoms with E-state index in [2.05, 4.69) is 5.32 Å². The van der Waals surface area contributed by atoms with Gasteiger partial charge in [-0.2, -0.15) is 13.2 Å². The summed E-state index contributed by atoms with van der Waals surface area (Å²) in [5, 5.41) is 2.44. The smallest absolute Gasteiger partial charge is 0.352 e. The lowest BCUT2D eigenvalue weighted by Gasteiger charge is -2.10. The Balaban J connectivity index is 1.90. The molecule has 1 amide bonds. The Kier molecular flexibility index (Phi) is 5.54. The summed E-state index contributed by atoms with van der Waals surface area (Å²) in [5.74, 6) is -1.98. The number of carbonyl (C=O) groups is 1. The van der Waals surface area contributed by atoms with Crippen molar-refractivity contribution in [2.45, 2.75) is 25.6 Å². The molecule has 0 saturated heterocycles. The monoisotopic (exact) mass is 343 g/mol. The Labute approximate surface area is 135 Å². The fourth-order valence-electron chi connectivity index (χ4n) is 2.16. The predicted molar refractivity (Wildman–Crippen MR) is 78.0 cm³/mol. The zero-order valence-electron chi connectivity index (χ0n) is 12.5. The maximum atomic E-state index is 13.4. The molecule has 0 heterocycles. The van der Waals surface area contributed by atoms with Gasteiger partial charge in [-0.1, -0.05) is 18.2 Å². The zero-order valence-corrected chi connectivity index (χ0v) is 12.5. The van der Waals surface area contributed by atoms with E-state index in [0.717, 1.165) is 24.3 Å². The summed E-state index contributed by atoms with van der Waals surface area (Å²) >= 11 is 0. The molecular weight excluding hydrogens is 329 g/mol. The van der Waals surface area contributed by atoms with Gasteiger partial charge in [-0.3, -0.25) is 4.79 Å². The summed E-state index contributed by atoms with van der Waals surface area (Å²) in [6.07, 6.45) is -4.76. The maximum absolute atomic E-state index is 13.4. The molecule has 0 atom stereocenters. The molecule has 2 rings (SSSR count). The minimum absolute atomic E-state index is 0.0947. The largest absolute Gasteiger partial charge is 0.416 e. The lowest BCUT2D eigenvalue weighted by atomic mass is 10.1. The molecule has 0 aromatic heterocycles. The van der Waals surface area contributed by atoms with Crippen molar-refractivity contribution in [3.05, 3.63) is 70.8 Å². The van der Waals surface area contributed by atoms with Crippen LogP contribution >= 0.6 is 0 Å². The molecule has 24 heavy (non-hydrogen) atoms. The maximum Gasteiger partial charge on any atom is 0.416 e. The molecule has 0 radical (unpaired) electrons. The van der Waals surface area contributed by atoms with E-state index >= 15 is 0 Å². The van der Waals surface area contributed by atoms with Gasteiger partial charge in [0.1, 0.15) is 11.6 Å². The number of halogens is 5. The lowest BCUT2D eigenvalue weighted by molar-refractivity contribution is -0.137. The van der Waals surface area contributed by atoms with Gasteiger partial charge in [-0.25, -0.2) is 8.78 Å². The number of carbonyl (C=O) groups excluding carboxylic acids is 1. The zero-order chi connectivity index (χ0) is 17.7. The SMILES string of the molecule is O=C(CCc1c(F)cccc1F)NCc1cccc(C(F)(F)F)c1. The standard InChI is InChI=1S/C17H14F5NO/c18-14-5-2-6-15(19)13(14)7-8-16(24)23-10-11-3-1-4-12(9-11)17(20,21)22/h1-6,9H,7-8,10H2,(H,23,24). The van der Waals surface area contributed by atoms with Crippen LogP contribution in [0.25, 0.3) is 0 Å². The summed E-state index contributed by atoms with van der Waals surface area (Å²) in [4.78, 5) is 11.7. The Morgan fingerprint density at radius 1 is 1.00 bits per heavy atom. The molecule has 7 heteroatoms. The molecular formula is C17H14F5NO. The predicted octanol–water partition coefficient (Wildman–Crippen LogP) is 4.23. The fourth-order valence-corrected chi connectivity index (χ4v) is 2.16. The van der Waals surface area contributed by atoms with Crippen LogP contribution in [0, 0.1) is 11.6 Å². The van der Waals surface area contributed by atoms with E-state index in [0.29, 0.717) is 0 Å². The Hall–Kier alpha value is -2.44. The molecule has 2 aromatic carbocycles. The van der Waals surface area contributed by atoms with Crippen molar-refractivity contribution in [2.24, 2.45) is 0 Å². The van der Waals surface area contributed by atoms with Gasteiger partial charge in [0.25, 0.3) is 0 Å². The van der Waals surface area contributed by atoms with E-state index in [4.69, 9.17) is 0 Å². The molecule has 2 nitrogen and oxygen atoms in total. The van der Waals surface area contributed by atoms with E-state index in [1.54, 1.807) is 0 Å². The van der Waals surface area contributed by atoms with Crippen molar-refractivity contribution in [3.8, 4) is 0 Å². The number of benzene rings is 2. The number of hydrogen-bond donors (Lipinski definition) is 1. The summed E-state index contributed by atoms with van der Waals surface area (Å²) in [7, 11) is 0. The second kappa shape index (κ2) is 7.42. The molecule has 128 valence electrons. The molecule has 1 N–H and O–H groups in total. The van der Waals surface area contributed by atoms with E-state index in [9.17, 15) is 26.7 Å². The summed E-state index contributed by atoms with van der Waals surface area (Å²) in [6.45, 7) is -0.0947. The lowest BCUT2D eigenvalue weighted by Crippen LogP contribution is -2.23. The van der Waals surface area contributed by atoms with Crippen LogP contribution in [-0.2, 0) is 23.9 Å². The minimum Gasteiger partial charge on any atom is -0.352 e. The molecule has 0 saturated carbocycles. The average molecular weight is 343 g/mol. The molecule has 0 fully saturated rings. The Morgan fingerprint density at radius 2 is 1.62 bits per heavy atom. The second-order valence-corrected chi connectivity index (χ2v) is 5.18. The van der Waals surface area contributed by atoms with Gasteiger partial charge in [0.2, 0.25) is 5.91 Å². The third kappa shape index (κ3) is 4.78. The van der Waals surface area contributed by atoms with Crippen LogP contribution < -0.4 is 5.32 Å². The number of nitrogens with one attached hydrogen (secondary N) is 1. The molecule has 0 bridgehead atoms. The number of hydrogen-bond acceptors (Lipinski definition) is 1. The van der Waals surface area contributed by atoms with Crippen molar-refractivity contribution in [2.75, 3.05) is 0 Å². The number of rotatable bonds is 5. The first-order valence-corrected chi connectivity index (χ1v) is 7.13. The van der Waals surface area contributed by atoms with Crippen molar-refractivity contribution in [3.63, 3.8) is 0 Å². The van der Waals surface area contributed by atoms with E-state index in [-0.39, 0.29) is 30.5 Å². The highest BCUT2D eigenvalue weighted by Gasteiger charge is 2.30. The molecule has 0 unspecified atom stereocenters. The van der Waals surface area contributed by atoms with Gasteiger partial charge < -0.3 is 5.32 Å². The van der Waals surface area contributed by atoms with Crippen molar-refractivity contribution < 1.29 is 26.7 Å². The van der Waals surface area contributed by atoms with Gasteiger partial charge in [-0.15, -0.1) is 0 Å². The van der Waals surface area contributed by atoms with Gasteiger partial charge in [0, 0.05) is 18.5 Å². The molecule has 0 spiro atoms. The van der Waals surface area contributed by atoms with Crippen molar-refractivity contribution in [1.82, 2.24) is 5.32 Å². The van der Waals surface area contributed by atoms with Crippen LogP contribution in [0.2, 0.25) is 0 Å². The van der Waals surface area contributed by atoms with E-state index < -0.39 is 29.3 Å². The Morgan fingerprint density at radius 3 is 2.25 bits per heavy atom. The first kappa shape index (κ1) is 17.9. The normalized spacial score (nSPS) is 11.4. The van der Waals surface area contributed by atoms with E-state index in [1.807, 2.05) is 0 Å². The highest BCUT2D eigenvalue weighted by molar-refractivity contribution is 5.76. The molecule has 2 aromatic rings. The fraction of sp³-hybridized carbons (Fsp3) is 0.235. The van der Waals surface area contributed by atoms with Gasteiger partial charge in [0.05, 0.1) is 5.56 Å². The van der Waals surface area contributed by atoms with Crippen LogP contribution in [0.15, 0.2) is 42.5 Å². The van der Waals surface area contributed by atoms with Crippen LogP contribution in [0.3, 0.4) is 0 Å². The van der Waals surface area contributed by atoms with Crippen LogP contribution in [-0.4, -0.2) is 5.91 Å². The topological polar surface area (TPSA) is 29.1 Å². The minimum atomic E-state index is -4.46. The van der Waals surface area contributed by atoms with Gasteiger partial charge in [0.15, 0.2) is 0 Å². The molecule has 0 aliphatic carbocycles. The van der Waals surface area contributed by atoms with E-state index in [1.165, 1.54) is 18.2 Å². The quantitative estimate of drug-likeness (QED) is 0.809. The Bertz CT molecular complexity index is 707. The highest BCUT2D eigenvalue weighted by Crippen LogP contribution is 2.29. The summed E-state index contributed by atoms with van der Waals surface area (Å²) in [5.41, 5.74) is -0.704. The highest BCUT2D eigenvalue weighted by atomic mass is 19.4. The van der Waals surface area contributed by atoms with Gasteiger partial charge in [-0.05, 0) is 36.2 Å². The van der Waals surface area contributed by atoms with Crippen LogP contribution in [0.4, 0.5) is 22.0 Å². The van der Waals surface area contributed by atoms with Crippen molar-refractivity contribution >= 4 is 5.91 Å². The number of amides is 1. The third-order valence-electron chi connectivity index (χ3n) is 3.41. The average Bonchev–Trinajstić information content (AvgIpc) is 2.52. The summed E-state index contributed by atoms with van der Waals surface area (Å²) in [6, 6.07) is 7.99. The van der Waals surface area contributed by atoms with Crippen molar-refractivity contribution in [1.29, 1.82) is 0 Å². The molecule has 0 aliphatic heterocycles. The second-order valence-electron chi connectivity index (χ2n) is 5.18. The first-order chi connectivity index (χ1) is 11.3. The molecule has 0 aliphatic rings. The van der Waals surface area contributed by atoms with Gasteiger partial charge >= 0.3 is 6.18 Å². The number of alkyl halides is 3. The summed E-state index contributed by atoms with van der Waals surface area (Å²) < 4.78 is 64.6. The first-order valence-electron chi connectivity index (χ1n) is 7.13.